The Morgan fingerprint density at radius 2 is 1.80 bits per heavy atom. The van der Waals surface area contributed by atoms with Crippen molar-refractivity contribution in [3.05, 3.63) is 23.8 Å². The monoisotopic (exact) mass is 560 g/mol. The molecule has 1 heterocycles. The minimum Gasteiger partial charge on any atom is -0.490 e. The van der Waals surface area contributed by atoms with Crippen LogP contribution in [0.15, 0.2) is 18.2 Å². The first-order valence-corrected chi connectivity index (χ1v) is 15.1. The highest BCUT2D eigenvalue weighted by atomic mass is 16.5. The van der Waals surface area contributed by atoms with Crippen LogP contribution in [0.5, 0.6) is 5.75 Å². The molecule has 40 heavy (non-hydrogen) atoms. The summed E-state index contributed by atoms with van der Waals surface area (Å²) >= 11 is 0. The second-order valence-corrected chi connectivity index (χ2v) is 12.0. The highest BCUT2D eigenvalue weighted by molar-refractivity contribution is 5.98. The summed E-state index contributed by atoms with van der Waals surface area (Å²) in [6.07, 6.45) is 7.97. The van der Waals surface area contributed by atoms with Crippen molar-refractivity contribution in [3.8, 4) is 5.75 Å². The van der Waals surface area contributed by atoms with Gasteiger partial charge in [-0.1, -0.05) is 26.2 Å². The minimum atomic E-state index is -0.399. The Kier molecular flexibility index (Phi) is 12.4. The SMILES string of the molecule is C[C@H]1CCCCO[C@@H](CN(C)C(=O)NC2CCCCC2)[C@@H](C)CN([C@@H](C)CO)C(=O)c2cc(N(C)C)ccc2O1. The lowest BCUT2D eigenvalue weighted by Crippen LogP contribution is -2.50. The van der Waals surface area contributed by atoms with E-state index in [2.05, 4.69) is 12.2 Å². The number of ether oxygens (including phenoxy) is 2. The first kappa shape index (κ1) is 32.0. The van der Waals surface area contributed by atoms with Crippen molar-refractivity contribution in [2.24, 2.45) is 5.92 Å². The molecule has 1 aromatic rings. The van der Waals surface area contributed by atoms with Crippen LogP contribution >= 0.6 is 0 Å². The second kappa shape index (κ2) is 15.5. The third kappa shape index (κ3) is 8.99. The van der Waals surface area contributed by atoms with Gasteiger partial charge in [0.25, 0.3) is 5.91 Å². The molecule has 0 unspecified atom stereocenters. The molecule has 0 aromatic heterocycles. The van der Waals surface area contributed by atoms with Crippen molar-refractivity contribution in [2.75, 3.05) is 52.3 Å². The molecule has 0 bridgehead atoms. The van der Waals surface area contributed by atoms with Gasteiger partial charge in [-0.15, -0.1) is 0 Å². The summed E-state index contributed by atoms with van der Waals surface area (Å²) in [6.45, 7) is 7.16. The van der Waals surface area contributed by atoms with Crippen molar-refractivity contribution in [1.29, 1.82) is 0 Å². The number of carbonyl (C=O) groups is 2. The molecule has 226 valence electrons. The zero-order valence-electron chi connectivity index (χ0n) is 25.5. The topological polar surface area (TPSA) is 94.6 Å². The molecular weight excluding hydrogens is 508 g/mol. The van der Waals surface area contributed by atoms with Crippen molar-refractivity contribution in [1.82, 2.24) is 15.1 Å². The summed E-state index contributed by atoms with van der Waals surface area (Å²) in [5, 5.41) is 13.3. The smallest absolute Gasteiger partial charge is 0.317 e. The van der Waals surface area contributed by atoms with Crippen LogP contribution in [-0.4, -0.2) is 98.6 Å². The lowest BCUT2D eigenvalue weighted by Gasteiger charge is -2.36. The van der Waals surface area contributed by atoms with E-state index in [9.17, 15) is 14.7 Å². The molecule has 9 heteroatoms. The van der Waals surface area contributed by atoms with Gasteiger partial charge in [-0.2, -0.15) is 0 Å². The van der Waals surface area contributed by atoms with E-state index in [-0.39, 0.29) is 42.7 Å². The van der Waals surface area contributed by atoms with Crippen LogP contribution in [0.3, 0.4) is 0 Å². The molecule has 3 rings (SSSR count). The predicted octanol–water partition coefficient (Wildman–Crippen LogP) is 4.52. The number of nitrogens with zero attached hydrogens (tertiary/aromatic N) is 3. The number of nitrogens with one attached hydrogen (secondary N) is 1. The molecule has 0 saturated heterocycles. The van der Waals surface area contributed by atoms with Gasteiger partial charge in [-0.05, 0) is 64.2 Å². The summed E-state index contributed by atoms with van der Waals surface area (Å²) in [6, 6.07) is 5.47. The van der Waals surface area contributed by atoms with Crippen molar-refractivity contribution < 1.29 is 24.2 Å². The van der Waals surface area contributed by atoms with Crippen molar-refractivity contribution in [2.45, 2.75) is 96.4 Å². The van der Waals surface area contributed by atoms with E-state index in [1.165, 1.54) is 6.42 Å². The maximum atomic E-state index is 14.1. The van der Waals surface area contributed by atoms with Crippen LogP contribution in [0.2, 0.25) is 0 Å². The Morgan fingerprint density at radius 3 is 2.48 bits per heavy atom. The van der Waals surface area contributed by atoms with Gasteiger partial charge in [-0.3, -0.25) is 4.79 Å². The van der Waals surface area contributed by atoms with Crippen LogP contribution < -0.4 is 15.0 Å². The van der Waals surface area contributed by atoms with E-state index in [0.29, 0.717) is 31.0 Å². The lowest BCUT2D eigenvalue weighted by molar-refractivity contribution is -0.0123. The molecule has 9 nitrogen and oxygen atoms in total. The Morgan fingerprint density at radius 1 is 1.10 bits per heavy atom. The highest BCUT2D eigenvalue weighted by Crippen LogP contribution is 2.29. The maximum absolute atomic E-state index is 14.1. The van der Waals surface area contributed by atoms with Crippen LogP contribution in [0.4, 0.5) is 10.5 Å². The number of fused-ring (bicyclic) bond motifs is 1. The molecular formula is C31H52N4O5. The number of aliphatic hydroxyl groups excluding tert-OH is 1. The summed E-state index contributed by atoms with van der Waals surface area (Å²) in [5.74, 6) is 0.305. The number of anilines is 1. The van der Waals surface area contributed by atoms with Gasteiger partial charge in [0.1, 0.15) is 5.75 Å². The Labute approximate surface area is 241 Å². The summed E-state index contributed by atoms with van der Waals surface area (Å²) in [7, 11) is 5.70. The van der Waals surface area contributed by atoms with Gasteiger partial charge < -0.3 is 34.6 Å². The molecule has 2 aliphatic rings. The van der Waals surface area contributed by atoms with Crippen LogP contribution in [0, 0.1) is 5.92 Å². The van der Waals surface area contributed by atoms with Crippen LogP contribution in [-0.2, 0) is 4.74 Å². The number of amides is 3. The number of benzene rings is 1. The van der Waals surface area contributed by atoms with Crippen LogP contribution in [0.1, 0.15) is 82.5 Å². The third-order valence-electron chi connectivity index (χ3n) is 8.28. The van der Waals surface area contributed by atoms with E-state index in [1.807, 2.05) is 58.1 Å². The van der Waals surface area contributed by atoms with Gasteiger partial charge >= 0.3 is 6.03 Å². The maximum Gasteiger partial charge on any atom is 0.317 e. The van der Waals surface area contributed by atoms with Gasteiger partial charge in [0.15, 0.2) is 0 Å². The van der Waals surface area contributed by atoms with Crippen LogP contribution in [0.25, 0.3) is 0 Å². The molecule has 1 aliphatic carbocycles. The fourth-order valence-corrected chi connectivity index (χ4v) is 5.54. The fourth-order valence-electron chi connectivity index (χ4n) is 5.54. The molecule has 3 amide bonds. The Balaban J connectivity index is 1.85. The van der Waals surface area contributed by atoms with E-state index in [0.717, 1.165) is 50.6 Å². The van der Waals surface area contributed by atoms with E-state index < -0.39 is 6.04 Å². The molecule has 1 aliphatic heterocycles. The van der Waals surface area contributed by atoms with E-state index in [4.69, 9.17) is 9.47 Å². The molecule has 4 atom stereocenters. The lowest BCUT2D eigenvalue weighted by atomic mass is 9.96. The summed E-state index contributed by atoms with van der Waals surface area (Å²) in [5.41, 5.74) is 1.39. The Bertz CT molecular complexity index is 952. The third-order valence-corrected chi connectivity index (χ3v) is 8.28. The largest absolute Gasteiger partial charge is 0.490 e. The molecule has 0 spiro atoms. The number of likely N-dealkylation sites (N-methyl/N-ethyl adjacent to an activating group) is 1. The quantitative estimate of drug-likeness (QED) is 0.531. The predicted molar refractivity (Wildman–Crippen MR) is 159 cm³/mol. The summed E-state index contributed by atoms with van der Waals surface area (Å²) in [4.78, 5) is 32.5. The van der Waals surface area contributed by atoms with Gasteiger partial charge in [0, 0.05) is 58.5 Å². The molecule has 1 saturated carbocycles. The Hall–Kier alpha value is -2.52. The normalized spacial score (nSPS) is 24.3. The van der Waals surface area contributed by atoms with E-state index in [1.54, 1.807) is 9.80 Å². The first-order valence-electron chi connectivity index (χ1n) is 15.1. The number of hydrogen-bond acceptors (Lipinski definition) is 6. The number of urea groups is 1. The second-order valence-electron chi connectivity index (χ2n) is 12.0. The van der Waals surface area contributed by atoms with Gasteiger partial charge in [0.05, 0.1) is 30.4 Å². The molecule has 2 N–H and O–H groups in total. The van der Waals surface area contributed by atoms with Crippen molar-refractivity contribution in [3.63, 3.8) is 0 Å². The first-order chi connectivity index (χ1) is 19.1. The average molecular weight is 561 g/mol. The number of rotatable bonds is 6. The molecule has 1 aromatic carbocycles. The minimum absolute atomic E-state index is 0.0623. The summed E-state index contributed by atoms with van der Waals surface area (Å²) < 4.78 is 12.7. The molecule has 0 radical (unpaired) electrons. The highest BCUT2D eigenvalue weighted by Gasteiger charge is 2.31. The van der Waals surface area contributed by atoms with Crippen molar-refractivity contribution >= 4 is 17.6 Å². The standard InChI is InChI=1S/C31H52N4O5/c1-22-19-35(23(2)21-36)30(37)27-18-26(33(4)5)15-16-28(27)40-24(3)12-10-11-17-39-29(22)20-34(6)31(38)32-25-13-8-7-9-14-25/h15-16,18,22-25,29,36H,7-14,17,19-21H2,1-6H3,(H,32,38)/t22-,23-,24-,29-/m0/s1. The fraction of sp³-hybridized carbons (Fsp3) is 0.742. The van der Waals surface area contributed by atoms with Gasteiger partial charge in [-0.25, -0.2) is 4.79 Å². The molecule has 1 fully saturated rings. The number of aliphatic hydroxyl groups is 1. The number of hydrogen-bond donors (Lipinski definition) is 2. The zero-order chi connectivity index (χ0) is 29.2. The van der Waals surface area contributed by atoms with E-state index >= 15 is 0 Å². The zero-order valence-corrected chi connectivity index (χ0v) is 25.5. The van der Waals surface area contributed by atoms with Gasteiger partial charge in [0.2, 0.25) is 0 Å². The number of carbonyl (C=O) groups excluding carboxylic acids is 2. The average Bonchev–Trinajstić information content (AvgIpc) is 2.94.